The summed E-state index contributed by atoms with van der Waals surface area (Å²) in [7, 11) is 0. The number of allylic oxidation sites excluding steroid dienone is 2. The number of nitrogens with two attached hydrogens (primary N) is 1. The van der Waals surface area contributed by atoms with Gasteiger partial charge in [0.05, 0.1) is 5.41 Å². The summed E-state index contributed by atoms with van der Waals surface area (Å²) >= 11 is 0. The van der Waals surface area contributed by atoms with Crippen molar-refractivity contribution in [1.82, 2.24) is 0 Å². The van der Waals surface area contributed by atoms with Crippen molar-refractivity contribution >= 4 is 5.91 Å². The lowest BCUT2D eigenvalue weighted by Gasteiger charge is -2.46. The van der Waals surface area contributed by atoms with Gasteiger partial charge in [0.1, 0.15) is 0 Å². The van der Waals surface area contributed by atoms with E-state index in [9.17, 15) is 4.79 Å². The van der Waals surface area contributed by atoms with Gasteiger partial charge in [-0.05, 0) is 37.5 Å². The van der Waals surface area contributed by atoms with E-state index in [2.05, 4.69) is 19.1 Å². The molecular formula is C11H17NO. The highest BCUT2D eigenvalue weighted by molar-refractivity contribution is 5.82. The molecule has 1 saturated carbocycles. The molecule has 0 unspecified atom stereocenters. The average Bonchev–Trinajstić information content (AvgIpc) is 2.19. The zero-order valence-electron chi connectivity index (χ0n) is 8.12. The number of primary amides is 1. The molecule has 3 aliphatic carbocycles. The molecular weight excluding hydrogens is 162 g/mol. The van der Waals surface area contributed by atoms with Gasteiger partial charge in [-0.15, -0.1) is 0 Å². The first-order valence-electron chi connectivity index (χ1n) is 5.17. The number of fused-ring (bicyclic) bond motifs is 2. The lowest BCUT2D eigenvalue weighted by molar-refractivity contribution is -0.133. The quantitative estimate of drug-likeness (QED) is 0.646. The Morgan fingerprint density at radius 3 is 2.54 bits per heavy atom. The van der Waals surface area contributed by atoms with Crippen LogP contribution >= 0.6 is 0 Å². The van der Waals surface area contributed by atoms with E-state index < -0.39 is 0 Å². The number of hydrogen-bond acceptors (Lipinski definition) is 1. The molecule has 2 heteroatoms. The Bertz CT molecular complexity index is 259. The lowest BCUT2D eigenvalue weighted by atomic mass is 9.58. The van der Waals surface area contributed by atoms with Crippen LogP contribution in [-0.2, 0) is 4.79 Å². The van der Waals surface area contributed by atoms with Crippen molar-refractivity contribution in [3.05, 3.63) is 12.2 Å². The predicted molar refractivity (Wildman–Crippen MR) is 51.9 cm³/mol. The van der Waals surface area contributed by atoms with E-state index in [1.807, 2.05) is 0 Å². The second-order valence-electron chi connectivity index (χ2n) is 4.41. The van der Waals surface area contributed by atoms with Crippen molar-refractivity contribution in [1.29, 1.82) is 0 Å². The molecule has 1 amide bonds. The van der Waals surface area contributed by atoms with Gasteiger partial charge >= 0.3 is 0 Å². The first kappa shape index (κ1) is 8.79. The predicted octanol–water partition coefficient (Wildman–Crippen LogP) is 1.85. The monoisotopic (exact) mass is 179 g/mol. The summed E-state index contributed by atoms with van der Waals surface area (Å²) in [5.74, 6) is 0.937. The average molecular weight is 179 g/mol. The first-order valence-corrected chi connectivity index (χ1v) is 5.17. The van der Waals surface area contributed by atoms with E-state index in [-0.39, 0.29) is 11.3 Å². The fourth-order valence-electron chi connectivity index (χ4n) is 2.99. The highest BCUT2D eigenvalue weighted by Crippen LogP contribution is 2.50. The fourth-order valence-corrected chi connectivity index (χ4v) is 2.99. The maximum atomic E-state index is 11.5. The van der Waals surface area contributed by atoms with Crippen molar-refractivity contribution in [2.24, 2.45) is 23.0 Å². The third-order valence-corrected chi connectivity index (χ3v) is 3.92. The smallest absolute Gasteiger partial charge is 0.224 e. The summed E-state index contributed by atoms with van der Waals surface area (Å²) in [4.78, 5) is 11.5. The molecule has 1 fully saturated rings. The van der Waals surface area contributed by atoms with Crippen LogP contribution in [0.15, 0.2) is 12.2 Å². The summed E-state index contributed by atoms with van der Waals surface area (Å²) in [6.45, 7) is 2.08. The van der Waals surface area contributed by atoms with Gasteiger partial charge in [0.15, 0.2) is 0 Å². The van der Waals surface area contributed by atoms with Crippen molar-refractivity contribution in [3.8, 4) is 0 Å². The van der Waals surface area contributed by atoms with Crippen LogP contribution in [0.4, 0.5) is 0 Å². The molecule has 0 aromatic rings. The van der Waals surface area contributed by atoms with E-state index in [0.717, 1.165) is 19.3 Å². The molecule has 13 heavy (non-hydrogen) atoms. The topological polar surface area (TPSA) is 43.1 Å². The second kappa shape index (κ2) is 2.86. The van der Waals surface area contributed by atoms with Gasteiger partial charge in [-0.1, -0.05) is 19.1 Å². The first-order chi connectivity index (χ1) is 6.19. The minimum absolute atomic E-state index is 0.0888. The SMILES string of the molecule is CC[C@]1(C(N)=O)C[C@H]2C=C[C@H]1CC2. The maximum absolute atomic E-state index is 11.5. The molecule has 2 bridgehead atoms. The number of carbonyl (C=O) groups is 1. The van der Waals surface area contributed by atoms with Crippen molar-refractivity contribution in [2.45, 2.75) is 32.6 Å². The third kappa shape index (κ3) is 1.11. The van der Waals surface area contributed by atoms with Crippen molar-refractivity contribution in [2.75, 3.05) is 0 Å². The number of carbonyl (C=O) groups excluding carboxylic acids is 1. The van der Waals surface area contributed by atoms with E-state index >= 15 is 0 Å². The van der Waals surface area contributed by atoms with Crippen molar-refractivity contribution in [3.63, 3.8) is 0 Å². The van der Waals surface area contributed by atoms with Gasteiger partial charge in [0.25, 0.3) is 0 Å². The normalized spacial score (nSPS) is 42.2. The van der Waals surface area contributed by atoms with Crippen LogP contribution < -0.4 is 5.73 Å². The molecule has 0 heterocycles. The molecule has 0 aliphatic heterocycles. The molecule has 2 nitrogen and oxygen atoms in total. The molecule has 0 spiro atoms. The van der Waals surface area contributed by atoms with Crippen LogP contribution in [0.25, 0.3) is 0 Å². The third-order valence-electron chi connectivity index (χ3n) is 3.92. The minimum Gasteiger partial charge on any atom is -0.369 e. The Morgan fingerprint density at radius 2 is 2.31 bits per heavy atom. The van der Waals surface area contributed by atoms with E-state index in [1.165, 1.54) is 6.42 Å². The number of amides is 1. The van der Waals surface area contributed by atoms with Crippen LogP contribution in [0.2, 0.25) is 0 Å². The standard InChI is InChI=1S/C11H17NO/c1-2-11(10(12)13)7-8-3-5-9(11)6-4-8/h3,5,8-9H,2,4,6-7H2,1H3,(H2,12,13)/t8-,9-,11-/m0/s1. The van der Waals surface area contributed by atoms with Gasteiger partial charge in [-0.25, -0.2) is 0 Å². The Hall–Kier alpha value is -0.790. The highest BCUT2D eigenvalue weighted by Gasteiger charge is 2.47. The van der Waals surface area contributed by atoms with Crippen LogP contribution in [0, 0.1) is 17.3 Å². The Balaban J connectivity index is 2.33. The van der Waals surface area contributed by atoms with Crippen LogP contribution in [0.1, 0.15) is 32.6 Å². The van der Waals surface area contributed by atoms with Crippen molar-refractivity contribution < 1.29 is 4.79 Å². The molecule has 3 aliphatic rings. The van der Waals surface area contributed by atoms with E-state index in [1.54, 1.807) is 0 Å². The lowest BCUT2D eigenvalue weighted by Crippen LogP contribution is -2.47. The van der Waals surface area contributed by atoms with Gasteiger partial charge in [-0.3, -0.25) is 4.79 Å². The number of hydrogen-bond donors (Lipinski definition) is 1. The van der Waals surface area contributed by atoms with E-state index in [4.69, 9.17) is 5.73 Å². The summed E-state index contributed by atoms with van der Waals surface area (Å²) in [6, 6.07) is 0. The van der Waals surface area contributed by atoms with Gasteiger partial charge < -0.3 is 5.73 Å². The summed E-state index contributed by atoms with van der Waals surface area (Å²) in [5, 5.41) is 0. The maximum Gasteiger partial charge on any atom is 0.224 e. The zero-order chi connectivity index (χ0) is 9.47. The summed E-state index contributed by atoms with van der Waals surface area (Å²) in [6.07, 6.45) is 8.76. The van der Waals surface area contributed by atoms with Gasteiger partial charge in [0.2, 0.25) is 5.91 Å². The van der Waals surface area contributed by atoms with Crippen LogP contribution in [0.3, 0.4) is 0 Å². The van der Waals surface area contributed by atoms with E-state index in [0.29, 0.717) is 11.8 Å². The second-order valence-corrected chi connectivity index (χ2v) is 4.41. The Kier molecular flexibility index (Phi) is 1.94. The summed E-state index contributed by atoms with van der Waals surface area (Å²) in [5.41, 5.74) is 5.32. The van der Waals surface area contributed by atoms with Crippen LogP contribution in [0.5, 0.6) is 0 Å². The molecule has 72 valence electrons. The molecule has 2 N–H and O–H groups in total. The molecule has 0 radical (unpaired) electrons. The minimum atomic E-state index is -0.211. The van der Waals surface area contributed by atoms with Crippen LogP contribution in [-0.4, -0.2) is 5.91 Å². The molecule has 3 rings (SSSR count). The van der Waals surface area contributed by atoms with Gasteiger partial charge in [0, 0.05) is 0 Å². The zero-order valence-corrected chi connectivity index (χ0v) is 8.12. The largest absolute Gasteiger partial charge is 0.369 e. The molecule has 0 aromatic heterocycles. The molecule has 0 saturated heterocycles. The fraction of sp³-hybridized carbons (Fsp3) is 0.727. The molecule has 0 aromatic carbocycles. The number of rotatable bonds is 2. The Morgan fingerprint density at radius 1 is 1.54 bits per heavy atom. The highest BCUT2D eigenvalue weighted by atomic mass is 16.1. The summed E-state index contributed by atoms with van der Waals surface area (Å²) < 4.78 is 0. The molecule has 3 atom stereocenters. The van der Waals surface area contributed by atoms with Gasteiger partial charge in [-0.2, -0.15) is 0 Å². The Labute approximate surface area is 79.2 Å².